The second kappa shape index (κ2) is 10.5. The molecule has 31 heavy (non-hydrogen) atoms. The van der Waals surface area contributed by atoms with E-state index in [0.717, 1.165) is 31.7 Å². The van der Waals surface area contributed by atoms with Gasteiger partial charge in [0.1, 0.15) is 18.8 Å². The Bertz CT molecular complexity index is 1040. The van der Waals surface area contributed by atoms with E-state index in [1.165, 1.54) is 15.3 Å². The van der Waals surface area contributed by atoms with Gasteiger partial charge in [-0.15, -0.1) is 0 Å². The molecule has 1 amide bonds. The Kier molecular flexibility index (Phi) is 7.45. The van der Waals surface area contributed by atoms with Crippen molar-refractivity contribution in [3.05, 3.63) is 74.7 Å². The third kappa shape index (κ3) is 6.20. The molecule has 1 atom stereocenters. The van der Waals surface area contributed by atoms with Gasteiger partial charge in [0, 0.05) is 23.4 Å². The molecule has 0 saturated carbocycles. The topological polar surface area (TPSA) is 55.7 Å². The van der Waals surface area contributed by atoms with E-state index < -0.39 is 0 Å². The van der Waals surface area contributed by atoms with Gasteiger partial charge in [-0.05, 0) is 24.6 Å². The van der Waals surface area contributed by atoms with Crippen LogP contribution in [0.2, 0.25) is 10.0 Å². The van der Waals surface area contributed by atoms with Gasteiger partial charge in [0.15, 0.2) is 5.13 Å². The standard InChI is InChI=1S/C23H23Cl2N3O2S/c24-17-8-9-20(18(25)13-17)30-12-4-7-22(29)27-23-26-19-10-11-28(15-21(19)31-23)14-16-5-2-1-3-6-16/h1-3,5-6,8-9,13H,4,7,10-12,14-15H2,(H,26,27,29)/p+1. The number of quaternary nitrogens is 1. The number of benzene rings is 2. The number of halogens is 2. The number of ether oxygens (including phenoxy) is 1. The number of anilines is 1. The highest BCUT2D eigenvalue weighted by Gasteiger charge is 2.24. The Balaban J connectivity index is 1.22. The SMILES string of the molecule is O=C(CCCOc1ccc(Cl)cc1Cl)Nc1nc2c(s1)C[NH+](Cc1ccccc1)CC2. The van der Waals surface area contributed by atoms with Crippen LogP contribution in [0, 0.1) is 0 Å². The number of rotatable bonds is 8. The molecule has 5 nitrogen and oxygen atoms in total. The molecule has 2 N–H and O–H groups in total. The molecule has 2 aromatic carbocycles. The first-order valence-corrected chi connectivity index (χ1v) is 11.9. The van der Waals surface area contributed by atoms with E-state index in [-0.39, 0.29) is 5.91 Å². The molecule has 0 aliphatic carbocycles. The van der Waals surface area contributed by atoms with Gasteiger partial charge < -0.3 is 15.0 Å². The second-order valence-electron chi connectivity index (χ2n) is 7.55. The number of nitrogens with one attached hydrogen (secondary N) is 2. The number of hydrogen-bond acceptors (Lipinski definition) is 4. The van der Waals surface area contributed by atoms with Crippen molar-refractivity contribution in [2.75, 3.05) is 18.5 Å². The molecule has 2 heterocycles. The van der Waals surface area contributed by atoms with Gasteiger partial charge in [-0.25, -0.2) is 4.98 Å². The molecule has 0 bridgehead atoms. The predicted molar refractivity (Wildman–Crippen MR) is 125 cm³/mol. The molecule has 8 heteroatoms. The number of hydrogen-bond donors (Lipinski definition) is 2. The van der Waals surface area contributed by atoms with Crippen LogP contribution in [0.3, 0.4) is 0 Å². The van der Waals surface area contributed by atoms with Crippen molar-refractivity contribution in [3.63, 3.8) is 0 Å². The zero-order valence-corrected chi connectivity index (χ0v) is 19.3. The first-order chi connectivity index (χ1) is 15.1. The molecule has 3 aromatic rings. The molecule has 162 valence electrons. The van der Waals surface area contributed by atoms with E-state index in [9.17, 15) is 4.79 Å². The van der Waals surface area contributed by atoms with Crippen molar-refractivity contribution in [2.24, 2.45) is 0 Å². The lowest BCUT2D eigenvalue weighted by atomic mass is 10.1. The van der Waals surface area contributed by atoms with Crippen LogP contribution in [0.5, 0.6) is 5.75 Å². The summed E-state index contributed by atoms with van der Waals surface area (Å²) in [4.78, 5) is 19.7. The maximum absolute atomic E-state index is 12.3. The van der Waals surface area contributed by atoms with E-state index >= 15 is 0 Å². The van der Waals surface area contributed by atoms with Crippen molar-refractivity contribution in [1.29, 1.82) is 0 Å². The van der Waals surface area contributed by atoms with E-state index in [0.29, 0.717) is 40.4 Å². The highest BCUT2D eigenvalue weighted by molar-refractivity contribution is 7.15. The van der Waals surface area contributed by atoms with Crippen molar-refractivity contribution < 1.29 is 14.4 Å². The third-order valence-corrected chi connectivity index (χ3v) is 6.69. The summed E-state index contributed by atoms with van der Waals surface area (Å²) >= 11 is 13.6. The number of fused-ring (bicyclic) bond motifs is 1. The maximum Gasteiger partial charge on any atom is 0.226 e. The number of aromatic nitrogens is 1. The van der Waals surface area contributed by atoms with E-state index in [1.807, 2.05) is 6.07 Å². The van der Waals surface area contributed by atoms with Gasteiger partial charge >= 0.3 is 0 Å². The summed E-state index contributed by atoms with van der Waals surface area (Å²) in [5.41, 5.74) is 2.47. The first kappa shape index (κ1) is 22.1. The maximum atomic E-state index is 12.3. The summed E-state index contributed by atoms with van der Waals surface area (Å²) in [5, 5.41) is 4.66. The lowest BCUT2D eigenvalue weighted by Gasteiger charge is -2.22. The monoisotopic (exact) mass is 476 g/mol. The normalized spacial score (nSPS) is 15.4. The minimum atomic E-state index is -0.0506. The van der Waals surface area contributed by atoms with Crippen LogP contribution < -0.4 is 15.0 Å². The highest BCUT2D eigenvalue weighted by Crippen LogP contribution is 2.28. The lowest BCUT2D eigenvalue weighted by molar-refractivity contribution is -0.929. The van der Waals surface area contributed by atoms with Gasteiger partial charge in [0.2, 0.25) is 5.91 Å². The lowest BCUT2D eigenvalue weighted by Crippen LogP contribution is -3.10. The molecule has 1 aromatic heterocycles. The Hall–Kier alpha value is -2.12. The van der Waals surface area contributed by atoms with Gasteiger partial charge in [-0.3, -0.25) is 4.79 Å². The van der Waals surface area contributed by atoms with Gasteiger partial charge in [-0.2, -0.15) is 0 Å². The first-order valence-electron chi connectivity index (χ1n) is 10.3. The molecular formula is C23H24Cl2N3O2S+. The highest BCUT2D eigenvalue weighted by atomic mass is 35.5. The van der Waals surface area contributed by atoms with Crippen LogP contribution in [0.4, 0.5) is 5.13 Å². The number of carbonyl (C=O) groups excluding carboxylic acids is 1. The number of thiazole rings is 1. The zero-order chi connectivity index (χ0) is 21.6. The molecule has 0 spiro atoms. The second-order valence-corrected chi connectivity index (χ2v) is 9.48. The van der Waals surface area contributed by atoms with Crippen molar-refractivity contribution in [2.45, 2.75) is 32.4 Å². The quantitative estimate of drug-likeness (QED) is 0.474. The van der Waals surface area contributed by atoms with Crippen LogP contribution in [-0.2, 0) is 24.3 Å². The van der Waals surface area contributed by atoms with E-state index in [1.54, 1.807) is 29.5 Å². The van der Waals surface area contributed by atoms with Crippen molar-refractivity contribution >= 4 is 45.6 Å². The molecule has 0 fully saturated rings. The Morgan fingerprint density at radius 1 is 1.19 bits per heavy atom. The Morgan fingerprint density at radius 3 is 2.84 bits per heavy atom. The Labute approximate surface area is 196 Å². The number of amides is 1. The van der Waals surface area contributed by atoms with Crippen LogP contribution in [0.15, 0.2) is 48.5 Å². The zero-order valence-electron chi connectivity index (χ0n) is 17.0. The fraction of sp³-hybridized carbons (Fsp3) is 0.304. The fourth-order valence-electron chi connectivity index (χ4n) is 3.61. The number of nitrogens with zero attached hydrogens (tertiary/aromatic N) is 1. The molecule has 1 unspecified atom stereocenters. The van der Waals surface area contributed by atoms with E-state index in [2.05, 4.69) is 34.6 Å². The average Bonchev–Trinajstić information content (AvgIpc) is 3.14. The van der Waals surface area contributed by atoms with Crippen LogP contribution in [-0.4, -0.2) is 24.0 Å². The van der Waals surface area contributed by atoms with Gasteiger partial charge in [0.25, 0.3) is 0 Å². The summed E-state index contributed by atoms with van der Waals surface area (Å²) in [7, 11) is 0. The smallest absolute Gasteiger partial charge is 0.226 e. The molecule has 1 aliphatic rings. The third-order valence-electron chi connectivity index (χ3n) is 5.15. The summed E-state index contributed by atoms with van der Waals surface area (Å²) in [5.74, 6) is 0.520. The largest absolute Gasteiger partial charge is 0.492 e. The Morgan fingerprint density at radius 2 is 2.03 bits per heavy atom. The summed E-state index contributed by atoms with van der Waals surface area (Å²) in [6.45, 7) is 3.43. The van der Waals surface area contributed by atoms with Gasteiger partial charge in [-0.1, -0.05) is 64.9 Å². The molecule has 1 aliphatic heterocycles. The van der Waals surface area contributed by atoms with Crippen LogP contribution in [0.25, 0.3) is 0 Å². The fourth-order valence-corrected chi connectivity index (χ4v) is 5.16. The average molecular weight is 477 g/mol. The molecular weight excluding hydrogens is 453 g/mol. The summed E-state index contributed by atoms with van der Waals surface area (Å²) in [6, 6.07) is 15.6. The van der Waals surface area contributed by atoms with Crippen molar-refractivity contribution in [3.8, 4) is 5.75 Å². The minimum absolute atomic E-state index is 0.0506. The van der Waals surface area contributed by atoms with Crippen molar-refractivity contribution in [1.82, 2.24) is 4.98 Å². The van der Waals surface area contributed by atoms with Gasteiger partial charge in [0.05, 0.1) is 28.7 Å². The number of carbonyl (C=O) groups is 1. The predicted octanol–water partition coefficient (Wildman–Crippen LogP) is 4.39. The van der Waals surface area contributed by atoms with Crippen LogP contribution >= 0.6 is 34.5 Å². The molecule has 0 radical (unpaired) electrons. The van der Waals surface area contributed by atoms with Crippen LogP contribution in [0.1, 0.15) is 29.0 Å². The minimum Gasteiger partial charge on any atom is -0.492 e. The summed E-state index contributed by atoms with van der Waals surface area (Å²) < 4.78 is 5.63. The summed E-state index contributed by atoms with van der Waals surface area (Å²) in [6.07, 6.45) is 1.89. The molecule has 0 saturated heterocycles. The van der Waals surface area contributed by atoms with E-state index in [4.69, 9.17) is 27.9 Å². The molecule has 4 rings (SSSR count).